The number of halogens is 1. The zero-order valence-electron chi connectivity index (χ0n) is 11.7. The number of urea groups is 1. The molecule has 0 fully saturated rings. The Hall–Kier alpha value is -1.73. The van der Waals surface area contributed by atoms with Gasteiger partial charge >= 0.3 is 6.03 Å². The molecule has 1 heterocycles. The molecule has 0 radical (unpaired) electrons. The van der Waals surface area contributed by atoms with E-state index in [4.69, 9.17) is 11.6 Å². The summed E-state index contributed by atoms with van der Waals surface area (Å²) in [5.74, 6) is 0. The molecule has 21 heavy (non-hydrogen) atoms. The molecule has 1 aromatic heterocycles. The minimum Gasteiger partial charge on any atom is -0.334 e. The normalized spacial score (nSPS) is 12.0. The van der Waals surface area contributed by atoms with Crippen molar-refractivity contribution in [3.63, 3.8) is 0 Å². The number of amides is 2. The van der Waals surface area contributed by atoms with E-state index in [1.165, 1.54) is 6.33 Å². The van der Waals surface area contributed by atoms with E-state index in [1.54, 1.807) is 28.8 Å². The Labute approximate surface area is 132 Å². The molecule has 0 bridgehead atoms. The maximum absolute atomic E-state index is 11.9. The lowest BCUT2D eigenvalue weighted by Crippen LogP contribution is -2.38. The van der Waals surface area contributed by atoms with Crippen LogP contribution in [-0.4, -0.2) is 33.1 Å². The number of rotatable bonds is 5. The van der Waals surface area contributed by atoms with E-state index in [9.17, 15) is 4.79 Å². The molecule has 0 spiro atoms. The standard InChI is InChI=1S/C13H16ClN5OS/c1-9(6-19-8-15-7-16-19)17-13(20)18-10-3-4-12(21-2)11(14)5-10/h3-5,7-9H,6H2,1-2H3,(H2,17,18,20)/t9-/m0/s1. The maximum Gasteiger partial charge on any atom is 0.319 e. The SMILES string of the molecule is CSc1ccc(NC(=O)N[C@@H](C)Cn2cncn2)cc1Cl. The number of nitrogens with zero attached hydrogens (tertiary/aromatic N) is 3. The fourth-order valence-electron chi connectivity index (χ4n) is 1.79. The minimum atomic E-state index is -0.282. The molecule has 0 saturated heterocycles. The van der Waals surface area contributed by atoms with Crippen LogP contribution in [0.15, 0.2) is 35.7 Å². The summed E-state index contributed by atoms with van der Waals surface area (Å²) in [6.45, 7) is 2.45. The minimum absolute atomic E-state index is 0.0763. The van der Waals surface area contributed by atoms with Gasteiger partial charge in [-0.25, -0.2) is 9.78 Å². The number of carbonyl (C=O) groups is 1. The van der Waals surface area contributed by atoms with Crippen LogP contribution in [0, 0.1) is 0 Å². The van der Waals surface area contributed by atoms with E-state index in [-0.39, 0.29) is 12.1 Å². The van der Waals surface area contributed by atoms with Gasteiger partial charge in [-0.1, -0.05) is 11.6 Å². The molecule has 112 valence electrons. The van der Waals surface area contributed by atoms with Crippen LogP contribution in [0.5, 0.6) is 0 Å². The summed E-state index contributed by atoms with van der Waals surface area (Å²) >= 11 is 7.66. The molecule has 2 amide bonds. The maximum atomic E-state index is 11.9. The highest BCUT2D eigenvalue weighted by atomic mass is 35.5. The number of nitrogens with one attached hydrogen (secondary N) is 2. The van der Waals surface area contributed by atoms with E-state index in [0.717, 1.165) is 4.90 Å². The quantitative estimate of drug-likeness (QED) is 0.829. The van der Waals surface area contributed by atoms with Crippen molar-refractivity contribution in [2.75, 3.05) is 11.6 Å². The second-order valence-electron chi connectivity index (χ2n) is 4.47. The van der Waals surface area contributed by atoms with Gasteiger partial charge in [0.05, 0.1) is 11.6 Å². The Balaban J connectivity index is 1.87. The van der Waals surface area contributed by atoms with Crippen LogP contribution in [-0.2, 0) is 6.54 Å². The number of benzene rings is 1. The third kappa shape index (κ3) is 4.64. The van der Waals surface area contributed by atoms with Gasteiger partial charge in [0.1, 0.15) is 12.7 Å². The summed E-state index contributed by atoms with van der Waals surface area (Å²) < 4.78 is 1.66. The van der Waals surface area contributed by atoms with Crippen molar-refractivity contribution < 1.29 is 4.79 Å². The first-order chi connectivity index (χ1) is 10.1. The Kier molecular flexibility index (Phi) is 5.46. The van der Waals surface area contributed by atoms with Crippen LogP contribution in [0.2, 0.25) is 5.02 Å². The second-order valence-corrected chi connectivity index (χ2v) is 5.72. The van der Waals surface area contributed by atoms with Crippen LogP contribution in [0.1, 0.15) is 6.92 Å². The van der Waals surface area contributed by atoms with E-state index >= 15 is 0 Å². The Morgan fingerprint density at radius 1 is 1.52 bits per heavy atom. The highest BCUT2D eigenvalue weighted by molar-refractivity contribution is 7.98. The molecular formula is C13H16ClN5OS. The van der Waals surface area contributed by atoms with E-state index < -0.39 is 0 Å². The monoisotopic (exact) mass is 325 g/mol. The molecule has 0 aliphatic heterocycles. The summed E-state index contributed by atoms with van der Waals surface area (Å²) in [7, 11) is 0. The lowest BCUT2D eigenvalue weighted by atomic mass is 10.3. The molecule has 1 atom stereocenters. The molecule has 6 nitrogen and oxygen atoms in total. The van der Waals surface area contributed by atoms with Crippen LogP contribution in [0.3, 0.4) is 0 Å². The van der Waals surface area contributed by atoms with E-state index in [0.29, 0.717) is 17.3 Å². The van der Waals surface area contributed by atoms with Gasteiger partial charge in [-0.15, -0.1) is 11.8 Å². The third-order valence-corrected chi connectivity index (χ3v) is 3.94. The predicted octanol–water partition coefficient (Wildman–Crippen LogP) is 2.86. The molecule has 0 saturated carbocycles. The molecule has 2 N–H and O–H groups in total. The lowest BCUT2D eigenvalue weighted by Gasteiger charge is -2.14. The van der Waals surface area contributed by atoms with Crippen molar-refractivity contribution in [1.29, 1.82) is 0 Å². The Bertz CT molecular complexity index is 605. The fourth-order valence-corrected chi connectivity index (χ4v) is 2.66. The number of aromatic nitrogens is 3. The van der Waals surface area contributed by atoms with Crippen LogP contribution in [0.4, 0.5) is 10.5 Å². The summed E-state index contributed by atoms with van der Waals surface area (Å²) in [5.41, 5.74) is 0.656. The first kappa shape index (κ1) is 15.7. The predicted molar refractivity (Wildman–Crippen MR) is 84.9 cm³/mol. The van der Waals surface area contributed by atoms with Crippen molar-refractivity contribution in [3.8, 4) is 0 Å². The van der Waals surface area contributed by atoms with Gasteiger partial charge in [0.25, 0.3) is 0 Å². The highest BCUT2D eigenvalue weighted by Crippen LogP contribution is 2.27. The van der Waals surface area contributed by atoms with Crippen molar-refractivity contribution in [2.45, 2.75) is 24.4 Å². The molecule has 8 heteroatoms. The van der Waals surface area contributed by atoms with Crippen LogP contribution >= 0.6 is 23.4 Å². The number of hydrogen-bond donors (Lipinski definition) is 2. The summed E-state index contributed by atoms with van der Waals surface area (Å²) in [6.07, 6.45) is 5.02. The van der Waals surface area contributed by atoms with E-state index in [1.807, 2.05) is 25.3 Å². The van der Waals surface area contributed by atoms with Crippen LogP contribution < -0.4 is 10.6 Å². The van der Waals surface area contributed by atoms with E-state index in [2.05, 4.69) is 20.7 Å². The summed E-state index contributed by atoms with van der Waals surface area (Å²) in [4.78, 5) is 16.7. The molecule has 0 aliphatic rings. The van der Waals surface area contributed by atoms with Gasteiger partial charge in [0.15, 0.2) is 0 Å². The summed E-state index contributed by atoms with van der Waals surface area (Å²) in [6, 6.07) is 5.07. The largest absolute Gasteiger partial charge is 0.334 e. The van der Waals surface area contributed by atoms with Crippen molar-refractivity contribution in [2.24, 2.45) is 0 Å². The Morgan fingerprint density at radius 3 is 2.95 bits per heavy atom. The van der Waals surface area contributed by atoms with Gasteiger partial charge < -0.3 is 10.6 Å². The smallest absolute Gasteiger partial charge is 0.319 e. The average molecular weight is 326 g/mol. The molecular weight excluding hydrogens is 310 g/mol. The zero-order valence-corrected chi connectivity index (χ0v) is 13.3. The number of anilines is 1. The first-order valence-electron chi connectivity index (χ1n) is 6.32. The topological polar surface area (TPSA) is 71.8 Å². The van der Waals surface area contributed by atoms with Crippen molar-refractivity contribution >= 4 is 35.1 Å². The Morgan fingerprint density at radius 2 is 2.33 bits per heavy atom. The van der Waals surface area contributed by atoms with Gasteiger partial charge in [0, 0.05) is 16.6 Å². The van der Waals surface area contributed by atoms with Gasteiger partial charge in [-0.05, 0) is 31.4 Å². The average Bonchev–Trinajstić information content (AvgIpc) is 2.91. The zero-order chi connectivity index (χ0) is 15.2. The number of carbonyl (C=O) groups excluding carboxylic acids is 1. The fraction of sp³-hybridized carbons (Fsp3) is 0.308. The highest BCUT2D eigenvalue weighted by Gasteiger charge is 2.09. The molecule has 1 aromatic carbocycles. The van der Waals surface area contributed by atoms with Crippen LogP contribution in [0.25, 0.3) is 0 Å². The second kappa shape index (κ2) is 7.33. The summed E-state index contributed by atoms with van der Waals surface area (Å²) in [5, 5.41) is 10.2. The van der Waals surface area contributed by atoms with Gasteiger partial charge in [-0.2, -0.15) is 5.10 Å². The molecule has 2 rings (SSSR count). The molecule has 0 aliphatic carbocycles. The first-order valence-corrected chi connectivity index (χ1v) is 7.92. The van der Waals surface area contributed by atoms with Gasteiger partial charge in [-0.3, -0.25) is 4.68 Å². The molecule has 0 unspecified atom stereocenters. The molecule has 2 aromatic rings. The third-order valence-electron chi connectivity index (χ3n) is 2.71. The lowest BCUT2D eigenvalue weighted by molar-refractivity contribution is 0.247. The van der Waals surface area contributed by atoms with Crippen molar-refractivity contribution in [1.82, 2.24) is 20.1 Å². The van der Waals surface area contributed by atoms with Crippen molar-refractivity contribution in [3.05, 3.63) is 35.9 Å². The number of hydrogen-bond acceptors (Lipinski definition) is 4. The van der Waals surface area contributed by atoms with Gasteiger partial charge in [0.2, 0.25) is 0 Å². The number of thioether (sulfide) groups is 1.